The van der Waals surface area contributed by atoms with Gasteiger partial charge in [-0.2, -0.15) is 0 Å². The molecule has 0 spiro atoms. The lowest BCUT2D eigenvalue weighted by molar-refractivity contribution is -0.0482. The van der Waals surface area contributed by atoms with E-state index in [4.69, 9.17) is 16.3 Å². The molecule has 1 fully saturated rings. The van der Waals surface area contributed by atoms with Crippen LogP contribution in [0, 0.1) is 0 Å². The Morgan fingerprint density at radius 2 is 2.19 bits per heavy atom. The third-order valence-electron chi connectivity index (χ3n) is 3.51. The zero-order chi connectivity index (χ0) is 12.2. The molecule has 0 radical (unpaired) electrons. The van der Waals surface area contributed by atoms with Gasteiger partial charge in [0.2, 0.25) is 0 Å². The van der Waals surface area contributed by atoms with Crippen molar-refractivity contribution >= 4 is 11.6 Å². The summed E-state index contributed by atoms with van der Waals surface area (Å²) in [6, 6.07) is 0. The third-order valence-corrected chi connectivity index (χ3v) is 4.16. The molecule has 1 atom stereocenters. The minimum atomic E-state index is 0.0411. The minimum Gasteiger partial charge on any atom is -0.374 e. The topological polar surface area (TPSA) is 15.7 Å². The van der Waals surface area contributed by atoms with E-state index >= 15 is 0 Å². The van der Waals surface area contributed by atoms with Gasteiger partial charge in [-0.05, 0) is 27.4 Å². The zero-order valence-corrected chi connectivity index (χ0v) is 11.8. The largest absolute Gasteiger partial charge is 0.374 e. The molecule has 1 aliphatic rings. The number of halogens is 1. The molecule has 4 heteroatoms. The Hall–Kier alpha value is 0.170. The Morgan fingerprint density at radius 3 is 2.75 bits per heavy atom. The molecule has 0 aromatic carbocycles. The molecule has 1 saturated heterocycles. The summed E-state index contributed by atoms with van der Waals surface area (Å²) in [5, 5.41) is 0. The Balaban J connectivity index is 2.41. The van der Waals surface area contributed by atoms with Crippen LogP contribution in [-0.4, -0.2) is 67.2 Å². The van der Waals surface area contributed by atoms with E-state index in [9.17, 15) is 0 Å². The van der Waals surface area contributed by atoms with Crippen molar-refractivity contribution in [3.05, 3.63) is 0 Å². The van der Waals surface area contributed by atoms with Gasteiger partial charge in [0, 0.05) is 31.1 Å². The molecule has 96 valence electrons. The summed E-state index contributed by atoms with van der Waals surface area (Å²) in [4.78, 5) is 4.74. The van der Waals surface area contributed by atoms with E-state index in [-0.39, 0.29) is 5.54 Å². The molecule has 0 aliphatic carbocycles. The second-order valence-electron chi connectivity index (χ2n) is 5.21. The van der Waals surface area contributed by atoms with Gasteiger partial charge >= 0.3 is 0 Å². The molecule has 3 nitrogen and oxygen atoms in total. The van der Waals surface area contributed by atoms with Crippen molar-refractivity contribution in [1.29, 1.82) is 0 Å². The van der Waals surface area contributed by atoms with Crippen LogP contribution in [0.2, 0.25) is 0 Å². The number of nitrogens with zero attached hydrogens (tertiary/aromatic N) is 2. The highest BCUT2D eigenvalue weighted by molar-refractivity contribution is 6.18. The van der Waals surface area contributed by atoms with E-state index in [1.165, 1.54) is 0 Å². The van der Waals surface area contributed by atoms with Crippen molar-refractivity contribution in [2.75, 3.05) is 45.7 Å². The van der Waals surface area contributed by atoms with Crippen molar-refractivity contribution < 1.29 is 4.74 Å². The first-order valence-corrected chi connectivity index (χ1v) is 6.64. The van der Waals surface area contributed by atoms with E-state index in [0.717, 1.165) is 32.8 Å². The predicted molar refractivity (Wildman–Crippen MR) is 69.3 cm³/mol. The zero-order valence-electron chi connectivity index (χ0n) is 11.0. The highest BCUT2D eigenvalue weighted by Crippen LogP contribution is 2.16. The van der Waals surface area contributed by atoms with Crippen LogP contribution in [0.5, 0.6) is 0 Å². The van der Waals surface area contributed by atoms with Crippen LogP contribution in [0.4, 0.5) is 0 Å². The van der Waals surface area contributed by atoms with Gasteiger partial charge in [-0.15, -0.1) is 11.6 Å². The summed E-state index contributed by atoms with van der Waals surface area (Å²) in [5.41, 5.74) is 0.0411. The predicted octanol–water partition coefficient (Wildman–Crippen LogP) is 1.66. The molecule has 1 heterocycles. The van der Waals surface area contributed by atoms with Crippen LogP contribution < -0.4 is 0 Å². The maximum absolute atomic E-state index is 5.97. The molecular weight excluding hydrogens is 224 g/mol. The van der Waals surface area contributed by atoms with E-state index in [2.05, 4.69) is 37.6 Å². The van der Waals surface area contributed by atoms with Crippen LogP contribution in [0.3, 0.4) is 0 Å². The van der Waals surface area contributed by atoms with Gasteiger partial charge in [0.25, 0.3) is 0 Å². The summed E-state index contributed by atoms with van der Waals surface area (Å²) in [7, 11) is 2.12. The molecule has 0 N–H and O–H groups in total. The summed E-state index contributed by atoms with van der Waals surface area (Å²) < 4.78 is 5.79. The van der Waals surface area contributed by atoms with Crippen LogP contribution in [-0.2, 0) is 4.74 Å². The SMILES string of the molecule is CCN1CCOC(CN(C)C(C)(C)CCl)C1. The first kappa shape index (κ1) is 14.2. The number of morpholine rings is 1. The lowest BCUT2D eigenvalue weighted by Crippen LogP contribution is -2.51. The molecule has 0 aromatic heterocycles. The maximum atomic E-state index is 5.97. The number of ether oxygens (including phenoxy) is 1. The van der Waals surface area contributed by atoms with Crippen molar-refractivity contribution in [3.63, 3.8) is 0 Å². The molecule has 0 aromatic rings. The molecule has 0 bridgehead atoms. The van der Waals surface area contributed by atoms with E-state index in [1.807, 2.05) is 0 Å². The molecule has 1 aliphatic heterocycles. The van der Waals surface area contributed by atoms with Crippen molar-refractivity contribution in [1.82, 2.24) is 9.80 Å². The Bertz CT molecular complexity index is 211. The minimum absolute atomic E-state index is 0.0411. The molecule has 0 saturated carbocycles. The van der Waals surface area contributed by atoms with Gasteiger partial charge < -0.3 is 4.74 Å². The first-order chi connectivity index (χ1) is 7.49. The Kier molecular flexibility index (Phi) is 5.51. The monoisotopic (exact) mass is 248 g/mol. The van der Waals surface area contributed by atoms with Crippen molar-refractivity contribution in [3.8, 4) is 0 Å². The average Bonchev–Trinajstić information content (AvgIpc) is 2.29. The summed E-state index contributed by atoms with van der Waals surface area (Å²) in [6.45, 7) is 11.6. The van der Waals surface area contributed by atoms with Gasteiger partial charge in [0.05, 0.1) is 12.7 Å². The number of hydrogen-bond acceptors (Lipinski definition) is 3. The third kappa shape index (κ3) is 3.88. The fourth-order valence-electron chi connectivity index (χ4n) is 1.83. The first-order valence-electron chi connectivity index (χ1n) is 6.10. The average molecular weight is 249 g/mol. The lowest BCUT2D eigenvalue weighted by atomic mass is 10.1. The number of likely N-dealkylation sites (N-methyl/N-ethyl adjacent to an activating group) is 2. The lowest BCUT2D eigenvalue weighted by Gasteiger charge is -2.39. The normalized spacial score (nSPS) is 24.0. The van der Waals surface area contributed by atoms with E-state index < -0.39 is 0 Å². The summed E-state index contributed by atoms with van der Waals surface area (Å²) in [6.07, 6.45) is 0.321. The van der Waals surface area contributed by atoms with Gasteiger partial charge in [-0.25, -0.2) is 0 Å². The Labute approximate surface area is 105 Å². The Morgan fingerprint density at radius 1 is 1.50 bits per heavy atom. The summed E-state index contributed by atoms with van der Waals surface area (Å²) in [5.74, 6) is 0.647. The molecule has 0 amide bonds. The van der Waals surface area contributed by atoms with Crippen LogP contribution >= 0.6 is 11.6 Å². The fourth-order valence-corrected chi connectivity index (χ4v) is 2.04. The standard InChI is InChI=1S/C12H25ClN2O/c1-5-15-6-7-16-11(9-15)8-14(4)12(2,3)10-13/h11H,5-10H2,1-4H3. The fraction of sp³-hybridized carbons (Fsp3) is 1.00. The smallest absolute Gasteiger partial charge is 0.0829 e. The number of hydrogen-bond donors (Lipinski definition) is 0. The molecule has 16 heavy (non-hydrogen) atoms. The quantitative estimate of drug-likeness (QED) is 0.689. The van der Waals surface area contributed by atoms with Gasteiger partial charge in [-0.1, -0.05) is 6.92 Å². The maximum Gasteiger partial charge on any atom is 0.0829 e. The number of alkyl halides is 1. The van der Waals surface area contributed by atoms with E-state index in [1.54, 1.807) is 0 Å². The number of rotatable bonds is 5. The van der Waals surface area contributed by atoms with Gasteiger partial charge in [-0.3, -0.25) is 9.80 Å². The molecule has 1 rings (SSSR count). The highest BCUT2D eigenvalue weighted by atomic mass is 35.5. The molecular formula is C12H25ClN2O. The summed E-state index contributed by atoms with van der Waals surface area (Å²) >= 11 is 5.97. The van der Waals surface area contributed by atoms with Gasteiger partial charge in [0.1, 0.15) is 0 Å². The van der Waals surface area contributed by atoms with Crippen molar-refractivity contribution in [2.45, 2.75) is 32.4 Å². The second kappa shape index (κ2) is 6.20. The van der Waals surface area contributed by atoms with Crippen molar-refractivity contribution in [2.24, 2.45) is 0 Å². The second-order valence-corrected chi connectivity index (χ2v) is 5.48. The van der Waals surface area contributed by atoms with Crippen LogP contribution in [0.1, 0.15) is 20.8 Å². The highest BCUT2D eigenvalue weighted by Gasteiger charge is 2.27. The van der Waals surface area contributed by atoms with Crippen LogP contribution in [0.25, 0.3) is 0 Å². The van der Waals surface area contributed by atoms with E-state index in [0.29, 0.717) is 12.0 Å². The van der Waals surface area contributed by atoms with Crippen LogP contribution in [0.15, 0.2) is 0 Å². The van der Waals surface area contributed by atoms with Gasteiger partial charge in [0.15, 0.2) is 0 Å². The molecule has 1 unspecified atom stereocenters.